The molecule has 116 valence electrons. The van der Waals surface area contributed by atoms with Gasteiger partial charge in [0.05, 0.1) is 0 Å². The molecule has 0 aliphatic rings. The third-order valence-electron chi connectivity index (χ3n) is 4.30. The summed E-state index contributed by atoms with van der Waals surface area (Å²) < 4.78 is 8.20. The molecule has 0 saturated heterocycles. The summed E-state index contributed by atoms with van der Waals surface area (Å²) in [4.78, 5) is 2.60. The Kier molecular flexibility index (Phi) is 12.9. The Morgan fingerprint density at radius 1 is 0.947 bits per heavy atom. The van der Waals surface area contributed by atoms with Crippen LogP contribution in [0, 0.1) is 0 Å². The van der Waals surface area contributed by atoms with Crippen molar-refractivity contribution in [3.63, 3.8) is 0 Å². The second-order valence-electron chi connectivity index (χ2n) is 5.95. The van der Waals surface area contributed by atoms with E-state index in [-0.39, 0.29) is 0 Å². The molecule has 0 bridgehead atoms. The zero-order valence-electron chi connectivity index (χ0n) is 13.8. The van der Waals surface area contributed by atoms with E-state index in [9.17, 15) is 0 Å². The molecule has 0 aromatic rings. The molecule has 0 radical (unpaired) electrons. The Balaban J connectivity index is 4.73. The standard InChI is InChI=1S/C11H24NO.C4H9.CH3.Sn.H/c1-3-5-7-11(8-6-4-2)13-10-9-12;1-3-4-2;;;/h3-10,12H2,1-2H3;1,3-4H2,2H3;1H3;;. The number of unbranched alkanes of at least 4 members (excludes halogenated alkanes) is 3. The summed E-state index contributed by atoms with van der Waals surface area (Å²) in [6.45, 7) is 8.33. The van der Waals surface area contributed by atoms with Crippen LogP contribution in [-0.4, -0.2) is 36.5 Å². The van der Waals surface area contributed by atoms with E-state index in [1.54, 1.807) is 0 Å². The van der Waals surface area contributed by atoms with Crippen LogP contribution in [0.15, 0.2) is 0 Å². The minimum absolute atomic E-state index is 0.294. The van der Waals surface area contributed by atoms with Crippen molar-refractivity contribution >= 4 is 19.8 Å². The summed E-state index contributed by atoms with van der Waals surface area (Å²) in [5.74, 6) is 0. The molecule has 2 nitrogen and oxygen atoms in total. The molecular formula is C16H37NOSn. The SMILES string of the molecule is CCC[CH2][SnH]([CH3])[C](CCCC)(CCCC)OCCN. The first-order valence-corrected chi connectivity index (χ1v) is 15.8. The van der Waals surface area contributed by atoms with E-state index < -0.39 is 19.8 Å². The fourth-order valence-electron chi connectivity index (χ4n) is 2.89. The summed E-state index contributed by atoms with van der Waals surface area (Å²) >= 11 is -1.61. The molecule has 0 fully saturated rings. The fourth-order valence-corrected chi connectivity index (χ4v) is 12.4. The number of hydrogen-bond acceptors (Lipinski definition) is 2. The van der Waals surface area contributed by atoms with Crippen LogP contribution in [0.5, 0.6) is 0 Å². The van der Waals surface area contributed by atoms with Crippen molar-refractivity contribution in [2.75, 3.05) is 13.2 Å². The van der Waals surface area contributed by atoms with E-state index in [4.69, 9.17) is 10.5 Å². The van der Waals surface area contributed by atoms with Crippen LogP contribution in [0.25, 0.3) is 0 Å². The summed E-state index contributed by atoms with van der Waals surface area (Å²) in [5.41, 5.74) is 5.69. The predicted octanol–water partition coefficient (Wildman–Crippen LogP) is 4.28. The van der Waals surface area contributed by atoms with Gasteiger partial charge in [-0.05, 0) is 0 Å². The second-order valence-corrected chi connectivity index (χ2v) is 15.7. The van der Waals surface area contributed by atoms with Gasteiger partial charge in [-0.15, -0.1) is 0 Å². The Labute approximate surface area is 128 Å². The zero-order chi connectivity index (χ0) is 14.6. The molecule has 0 aromatic heterocycles. The van der Waals surface area contributed by atoms with E-state index in [1.165, 1.54) is 55.8 Å². The van der Waals surface area contributed by atoms with Crippen LogP contribution >= 0.6 is 0 Å². The van der Waals surface area contributed by atoms with Gasteiger partial charge in [-0.3, -0.25) is 0 Å². The van der Waals surface area contributed by atoms with Crippen molar-refractivity contribution in [2.45, 2.75) is 85.1 Å². The summed E-state index contributed by atoms with van der Waals surface area (Å²) in [5, 5.41) is 0. The minimum atomic E-state index is -1.61. The van der Waals surface area contributed by atoms with Crippen LogP contribution in [0.2, 0.25) is 9.38 Å². The maximum absolute atomic E-state index is 6.41. The summed E-state index contributed by atoms with van der Waals surface area (Å²) in [6.07, 6.45) is 10.5. The molecule has 1 atom stereocenters. The van der Waals surface area contributed by atoms with Crippen molar-refractivity contribution in [1.82, 2.24) is 0 Å². The van der Waals surface area contributed by atoms with Gasteiger partial charge in [-0.2, -0.15) is 0 Å². The fraction of sp³-hybridized carbons (Fsp3) is 1.00. The molecule has 0 saturated carbocycles. The molecule has 19 heavy (non-hydrogen) atoms. The molecule has 0 aliphatic carbocycles. The topological polar surface area (TPSA) is 35.2 Å². The average Bonchev–Trinajstić information content (AvgIpc) is 2.44. The van der Waals surface area contributed by atoms with Crippen LogP contribution in [0.3, 0.4) is 0 Å². The first-order valence-electron chi connectivity index (χ1n) is 8.50. The van der Waals surface area contributed by atoms with Gasteiger partial charge in [0.1, 0.15) is 0 Å². The van der Waals surface area contributed by atoms with E-state index in [0.29, 0.717) is 10.2 Å². The van der Waals surface area contributed by atoms with Crippen LogP contribution in [-0.2, 0) is 4.74 Å². The van der Waals surface area contributed by atoms with Gasteiger partial charge in [0, 0.05) is 0 Å². The van der Waals surface area contributed by atoms with Crippen molar-refractivity contribution in [3.8, 4) is 0 Å². The Hall–Kier alpha value is 0.719. The molecule has 2 N–H and O–H groups in total. The van der Waals surface area contributed by atoms with Crippen LogP contribution in [0.4, 0.5) is 0 Å². The van der Waals surface area contributed by atoms with Gasteiger partial charge in [0.15, 0.2) is 0 Å². The first kappa shape index (κ1) is 19.7. The summed E-state index contributed by atoms with van der Waals surface area (Å²) in [6, 6.07) is 0. The molecule has 0 spiro atoms. The molecule has 0 aliphatic heterocycles. The Morgan fingerprint density at radius 3 is 1.89 bits per heavy atom. The van der Waals surface area contributed by atoms with Crippen LogP contribution in [0.1, 0.15) is 72.1 Å². The zero-order valence-corrected chi connectivity index (χ0v) is 17.1. The number of nitrogens with two attached hydrogens (primary N) is 1. The Morgan fingerprint density at radius 2 is 1.47 bits per heavy atom. The Bertz CT molecular complexity index is 177. The molecule has 3 heteroatoms. The number of rotatable bonds is 13. The molecule has 1 unspecified atom stereocenters. The third kappa shape index (κ3) is 7.91. The molecule has 0 amide bonds. The maximum atomic E-state index is 6.41. The monoisotopic (exact) mass is 379 g/mol. The van der Waals surface area contributed by atoms with Crippen molar-refractivity contribution in [1.29, 1.82) is 0 Å². The quantitative estimate of drug-likeness (QED) is 0.486. The molecule has 0 aromatic carbocycles. The third-order valence-corrected chi connectivity index (χ3v) is 15.2. The van der Waals surface area contributed by atoms with E-state index in [0.717, 1.165) is 6.61 Å². The predicted molar refractivity (Wildman–Crippen MR) is 89.5 cm³/mol. The number of ether oxygens (including phenoxy) is 1. The van der Waals surface area contributed by atoms with Crippen LogP contribution < -0.4 is 5.73 Å². The van der Waals surface area contributed by atoms with Gasteiger partial charge < -0.3 is 0 Å². The molecule has 0 rings (SSSR count). The average molecular weight is 378 g/mol. The molecular weight excluding hydrogens is 341 g/mol. The van der Waals surface area contributed by atoms with E-state index in [1.807, 2.05) is 0 Å². The van der Waals surface area contributed by atoms with E-state index >= 15 is 0 Å². The normalized spacial score (nSPS) is 13.7. The van der Waals surface area contributed by atoms with Gasteiger partial charge >= 0.3 is 129 Å². The number of hydrogen-bond donors (Lipinski definition) is 1. The van der Waals surface area contributed by atoms with Crippen molar-refractivity contribution < 1.29 is 4.74 Å². The van der Waals surface area contributed by atoms with Gasteiger partial charge in [0.25, 0.3) is 0 Å². The van der Waals surface area contributed by atoms with Crippen molar-refractivity contribution in [2.24, 2.45) is 5.73 Å². The van der Waals surface area contributed by atoms with Gasteiger partial charge in [-0.25, -0.2) is 0 Å². The van der Waals surface area contributed by atoms with Gasteiger partial charge in [0.2, 0.25) is 0 Å². The second kappa shape index (κ2) is 12.5. The summed E-state index contributed by atoms with van der Waals surface area (Å²) in [7, 11) is 0. The first-order chi connectivity index (χ1) is 9.16. The van der Waals surface area contributed by atoms with Crippen molar-refractivity contribution in [3.05, 3.63) is 0 Å². The molecule has 0 heterocycles. The van der Waals surface area contributed by atoms with Gasteiger partial charge in [-0.1, -0.05) is 0 Å². The van der Waals surface area contributed by atoms with E-state index in [2.05, 4.69) is 25.7 Å².